The maximum absolute atomic E-state index is 12.2. The van der Waals surface area contributed by atoms with Gasteiger partial charge in [0.2, 0.25) is 0 Å². The molecule has 3 aromatic rings. The standard InChI is InChI=1S/C22H16BrN3O3/c1-2-12-29-20-11-10-17(23)13-16(20)14-24-26-22(28)21(27)25-19-9-5-7-15-6-3-4-8-18(15)19/h1,3-11,13-14H,12H2,(H,25,27)(H,26,28)/b24-14-. The topological polar surface area (TPSA) is 79.8 Å². The van der Waals surface area contributed by atoms with Crippen LogP contribution in [0.2, 0.25) is 0 Å². The normalized spacial score (nSPS) is 10.5. The fourth-order valence-corrected chi connectivity index (χ4v) is 2.97. The van der Waals surface area contributed by atoms with Crippen LogP contribution in [-0.2, 0) is 9.59 Å². The quantitative estimate of drug-likeness (QED) is 0.269. The molecule has 0 aromatic heterocycles. The fraction of sp³-hybridized carbons (Fsp3) is 0.0455. The molecule has 0 aliphatic rings. The third-order valence-corrected chi connectivity index (χ3v) is 4.39. The van der Waals surface area contributed by atoms with E-state index in [4.69, 9.17) is 11.2 Å². The van der Waals surface area contributed by atoms with Gasteiger partial charge in [-0.05, 0) is 29.7 Å². The van der Waals surface area contributed by atoms with Crippen molar-refractivity contribution in [3.8, 4) is 18.1 Å². The predicted molar refractivity (Wildman–Crippen MR) is 117 cm³/mol. The zero-order valence-electron chi connectivity index (χ0n) is 15.2. The van der Waals surface area contributed by atoms with Crippen LogP contribution < -0.4 is 15.5 Å². The minimum atomic E-state index is -0.893. The Kier molecular flexibility index (Phi) is 6.61. The van der Waals surface area contributed by atoms with Gasteiger partial charge in [-0.15, -0.1) is 6.42 Å². The van der Waals surface area contributed by atoms with E-state index in [9.17, 15) is 9.59 Å². The number of nitrogens with zero attached hydrogens (tertiary/aromatic N) is 1. The van der Waals surface area contributed by atoms with Crippen molar-refractivity contribution >= 4 is 50.4 Å². The van der Waals surface area contributed by atoms with Gasteiger partial charge in [-0.2, -0.15) is 5.10 Å². The summed E-state index contributed by atoms with van der Waals surface area (Å²) in [5, 5.41) is 8.23. The van der Waals surface area contributed by atoms with Gasteiger partial charge in [0.05, 0.1) is 6.21 Å². The molecule has 0 fully saturated rings. The van der Waals surface area contributed by atoms with Crippen molar-refractivity contribution in [2.24, 2.45) is 5.10 Å². The van der Waals surface area contributed by atoms with E-state index in [1.807, 2.05) is 30.3 Å². The number of benzene rings is 3. The SMILES string of the molecule is C#CCOc1ccc(Br)cc1/C=N\NC(=O)C(=O)Nc1cccc2ccccc12. The summed E-state index contributed by atoms with van der Waals surface area (Å²) in [6.45, 7) is 0.0995. The van der Waals surface area contributed by atoms with Gasteiger partial charge >= 0.3 is 11.8 Å². The number of hydrogen-bond donors (Lipinski definition) is 2. The predicted octanol–water partition coefficient (Wildman–Crippen LogP) is 3.70. The molecule has 29 heavy (non-hydrogen) atoms. The number of carbonyl (C=O) groups is 2. The van der Waals surface area contributed by atoms with Gasteiger partial charge in [-0.1, -0.05) is 58.2 Å². The minimum absolute atomic E-state index is 0.0995. The zero-order valence-corrected chi connectivity index (χ0v) is 16.8. The molecule has 6 nitrogen and oxygen atoms in total. The molecule has 0 saturated heterocycles. The number of nitrogens with one attached hydrogen (secondary N) is 2. The molecule has 2 N–H and O–H groups in total. The Morgan fingerprint density at radius 1 is 1.10 bits per heavy atom. The number of carbonyl (C=O) groups excluding carboxylic acids is 2. The maximum Gasteiger partial charge on any atom is 0.329 e. The number of rotatable bonds is 5. The largest absolute Gasteiger partial charge is 0.480 e. The summed E-state index contributed by atoms with van der Waals surface area (Å²) in [6.07, 6.45) is 6.58. The van der Waals surface area contributed by atoms with Crippen molar-refractivity contribution < 1.29 is 14.3 Å². The molecular formula is C22H16BrN3O3. The van der Waals surface area contributed by atoms with E-state index in [-0.39, 0.29) is 6.61 Å². The summed E-state index contributed by atoms with van der Waals surface area (Å²) in [4.78, 5) is 24.3. The first-order valence-electron chi connectivity index (χ1n) is 8.56. The van der Waals surface area contributed by atoms with Crippen molar-refractivity contribution in [2.45, 2.75) is 0 Å². The second-order valence-corrected chi connectivity index (χ2v) is 6.77. The van der Waals surface area contributed by atoms with Gasteiger partial charge in [0.1, 0.15) is 12.4 Å². The van der Waals surface area contributed by atoms with Crippen LogP contribution in [0.4, 0.5) is 5.69 Å². The number of anilines is 1. The molecule has 0 aliphatic heterocycles. The maximum atomic E-state index is 12.2. The van der Waals surface area contributed by atoms with E-state index in [1.165, 1.54) is 6.21 Å². The first kappa shape index (κ1) is 20.1. The lowest BCUT2D eigenvalue weighted by atomic mass is 10.1. The summed E-state index contributed by atoms with van der Waals surface area (Å²) in [6, 6.07) is 18.3. The molecule has 0 radical (unpaired) electrons. The molecule has 0 unspecified atom stereocenters. The molecule has 0 atom stereocenters. The summed E-state index contributed by atoms with van der Waals surface area (Å²) in [7, 11) is 0. The van der Waals surface area contributed by atoms with E-state index < -0.39 is 11.8 Å². The highest BCUT2D eigenvalue weighted by Crippen LogP contribution is 2.23. The van der Waals surface area contributed by atoms with Gasteiger partial charge in [0.15, 0.2) is 0 Å². The number of amides is 2. The van der Waals surface area contributed by atoms with E-state index in [0.29, 0.717) is 17.0 Å². The lowest BCUT2D eigenvalue weighted by Gasteiger charge is -2.08. The molecule has 144 valence electrons. The Labute approximate surface area is 176 Å². The highest BCUT2D eigenvalue weighted by Gasteiger charge is 2.14. The molecule has 0 bridgehead atoms. The third-order valence-electron chi connectivity index (χ3n) is 3.90. The Hall–Kier alpha value is -3.63. The Bertz CT molecular complexity index is 1130. The fourth-order valence-electron chi connectivity index (χ4n) is 2.60. The molecule has 3 aromatic carbocycles. The van der Waals surface area contributed by atoms with Crippen LogP contribution in [0, 0.1) is 12.3 Å². The summed E-state index contributed by atoms with van der Waals surface area (Å²) >= 11 is 3.36. The number of ether oxygens (including phenoxy) is 1. The first-order valence-corrected chi connectivity index (χ1v) is 9.36. The first-order chi connectivity index (χ1) is 14.1. The molecule has 0 spiro atoms. The van der Waals surface area contributed by atoms with E-state index >= 15 is 0 Å². The highest BCUT2D eigenvalue weighted by atomic mass is 79.9. The van der Waals surface area contributed by atoms with Crippen LogP contribution >= 0.6 is 15.9 Å². The Morgan fingerprint density at radius 2 is 1.90 bits per heavy atom. The average molecular weight is 450 g/mol. The van der Waals surface area contributed by atoms with Crippen molar-refractivity contribution in [1.82, 2.24) is 5.43 Å². The number of hydrogen-bond acceptors (Lipinski definition) is 4. The number of halogens is 1. The van der Waals surface area contributed by atoms with Crippen LogP contribution in [0.1, 0.15) is 5.56 Å². The van der Waals surface area contributed by atoms with Crippen molar-refractivity contribution in [3.05, 3.63) is 70.7 Å². The second-order valence-electron chi connectivity index (χ2n) is 5.85. The highest BCUT2D eigenvalue weighted by molar-refractivity contribution is 9.10. The molecule has 2 amide bonds. The number of terminal acetylenes is 1. The van der Waals surface area contributed by atoms with Crippen LogP contribution in [0.5, 0.6) is 5.75 Å². The summed E-state index contributed by atoms with van der Waals surface area (Å²) in [5.41, 5.74) is 3.34. The van der Waals surface area contributed by atoms with Gasteiger partial charge in [-0.3, -0.25) is 9.59 Å². The summed E-state index contributed by atoms with van der Waals surface area (Å²) < 4.78 is 6.22. The van der Waals surface area contributed by atoms with Gasteiger partial charge in [0, 0.05) is 21.1 Å². The zero-order chi connectivity index (χ0) is 20.6. The third kappa shape index (κ3) is 5.21. The smallest absolute Gasteiger partial charge is 0.329 e. The molecule has 7 heteroatoms. The van der Waals surface area contributed by atoms with Gasteiger partial charge in [-0.25, -0.2) is 5.43 Å². The van der Waals surface area contributed by atoms with Crippen molar-refractivity contribution in [2.75, 3.05) is 11.9 Å². The average Bonchev–Trinajstić information content (AvgIpc) is 2.73. The van der Waals surface area contributed by atoms with Crippen LogP contribution in [0.15, 0.2) is 70.2 Å². The monoisotopic (exact) mass is 449 g/mol. The van der Waals surface area contributed by atoms with E-state index in [1.54, 1.807) is 30.3 Å². The molecule has 0 saturated carbocycles. The Balaban J connectivity index is 1.67. The van der Waals surface area contributed by atoms with Gasteiger partial charge in [0.25, 0.3) is 0 Å². The number of hydrazone groups is 1. The molecule has 0 heterocycles. The van der Waals surface area contributed by atoms with Gasteiger partial charge < -0.3 is 10.1 Å². The minimum Gasteiger partial charge on any atom is -0.480 e. The number of fused-ring (bicyclic) bond motifs is 1. The molecule has 0 aliphatic carbocycles. The van der Waals surface area contributed by atoms with Crippen LogP contribution in [-0.4, -0.2) is 24.6 Å². The molecular weight excluding hydrogens is 434 g/mol. The van der Waals surface area contributed by atoms with E-state index in [0.717, 1.165) is 15.2 Å². The van der Waals surface area contributed by atoms with Crippen molar-refractivity contribution in [3.63, 3.8) is 0 Å². The Morgan fingerprint density at radius 3 is 2.72 bits per heavy atom. The van der Waals surface area contributed by atoms with Crippen LogP contribution in [0.25, 0.3) is 10.8 Å². The van der Waals surface area contributed by atoms with Crippen LogP contribution in [0.3, 0.4) is 0 Å². The summed E-state index contributed by atoms with van der Waals surface area (Å²) in [5.74, 6) is 1.17. The lowest BCUT2D eigenvalue weighted by molar-refractivity contribution is -0.136. The lowest BCUT2D eigenvalue weighted by Crippen LogP contribution is -2.32. The van der Waals surface area contributed by atoms with E-state index in [2.05, 4.69) is 37.7 Å². The van der Waals surface area contributed by atoms with Crippen molar-refractivity contribution in [1.29, 1.82) is 0 Å². The second kappa shape index (κ2) is 9.53. The molecule has 3 rings (SSSR count).